The van der Waals surface area contributed by atoms with Crippen LogP contribution in [0.2, 0.25) is 0 Å². The number of carbonyl (C=O) groups excluding carboxylic acids is 1. The van der Waals surface area contributed by atoms with Gasteiger partial charge in [0.2, 0.25) is 0 Å². The zero-order chi connectivity index (χ0) is 20.1. The van der Waals surface area contributed by atoms with Gasteiger partial charge in [0.25, 0.3) is 5.91 Å². The van der Waals surface area contributed by atoms with Crippen molar-refractivity contribution in [3.63, 3.8) is 0 Å². The number of carboxylic acids is 1. The molecular formula is C22H25NO5. The van der Waals surface area contributed by atoms with Crippen molar-refractivity contribution in [2.75, 3.05) is 20.2 Å². The van der Waals surface area contributed by atoms with Gasteiger partial charge in [-0.25, -0.2) is 4.79 Å². The van der Waals surface area contributed by atoms with Gasteiger partial charge in [0, 0.05) is 24.7 Å². The van der Waals surface area contributed by atoms with Crippen LogP contribution < -0.4 is 4.74 Å². The Morgan fingerprint density at radius 3 is 2.43 bits per heavy atom. The number of amides is 1. The van der Waals surface area contributed by atoms with E-state index in [0.29, 0.717) is 42.3 Å². The van der Waals surface area contributed by atoms with E-state index in [9.17, 15) is 19.8 Å². The number of phenols is 1. The van der Waals surface area contributed by atoms with Crippen LogP contribution in [0.3, 0.4) is 0 Å². The van der Waals surface area contributed by atoms with Crippen LogP contribution in [0.1, 0.15) is 45.5 Å². The van der Waals surface area contributed by atoms with Gasteiger partial charge in [0.05, 0.1) is 7.11 Å². The van der Waals surface area contributed by atoms with E-state index >= 15 is 0 Å². The van der Waals surface area contributed by atoms with Gasteiger partial charge < -0.3 is 19.8 Å². The molecule has 1 aliphatic heterocycles. The van der Waals surface area contributed by atoms with Gasteiger partial charge in [-0.3, -0.25) is 4.79 Å². The highest BCUT2D eigenvalue weighted by Gasteiger charge is 2.24. The first-order valence-corrected chi connectivity index (χ1v) is 9.47. The second-order valence-corrected chi connectivity index (χ2v) is 7.13. The van der Waals surface area contributed by atoms with Crippen molar-refractivity contribution in [1.82, 2.24) is 4.90 Å². The highest BCUT2D eigenvalue weighted by atomic mass is 16.5. The lowest BCUT2D eigenvalue weighted by molar-refractivity contribution is 0.0675. The summed E-state index contributed by atoms with van der Waals surface area (Å²) in [5, 5.41) is 19.4. The van der Waals surface area contributed by atoms with Crippen molar-refractivity contribution in [3.8, 4) is 11.5 Å². The van der Waals surface area contributed by atoms with Crippen LogP contribution in [-0.4, -0.2) is 47.2 Å². The lowest BCUT2D eigenvalue weighted by Gasteiger charge is -2.32. The Labute approximate surface area is 164 Å². The fourth-order valence-electron chi connectivity index (χ4n) is 3.77. The van der Waals surface area contributed by atoms with Crippen molar-refractivity contribution < 1.29 is 24.5 Å². The molecule has 28 heavy (non-hydrogen) atoms. The molecule has 0 saturated carbocycles. The zero-order valence-corrected chi connectivity index (χ0v) is 15.9. The number of benzene rings is 2. The quantitative estimate of drug-likeness (QED) is 0.796. The van der Waals surface area contributed by atoms with Crippen molar-refractivity contribution in [3.05, 3.63) is 59.2 Å². The average Bonchev–Trinajstić information content (AvgIpc) is 2.72. The van der Waals surface area contributed by atoms with Crippen LogP contribution in [0.4, 0.5) is 0 Å². The molecule has 148 valence electrons. The van der Waals surface area contributed by atoms with E-state index in [1.807, 2.05) is 35.2 Å². The van der Waals surface area contributed by atoms with E-state index < -0.39 is 5.97 Å². The average molecular weight is 383 g/mol. The summed E-state index contributed by atoms with van der Waals surface area (Å²) >= 11 is 0. The van der Waals surface area contributed by atoms with E-state index in [0.717, 1.165) is 19.3 Å². The topological polar surface area (TPSA) is 87.1 Å². The Morgan fingerprint density at radius 2 is 1.82 bits per heavy atom. The largest absolute Gasteiger partial charge is 0.507 e. The Balaban J connectivity index is 1.59. The summed E-state index contributed by atoms with van der Waals surface area (Å²) in [6.07, 6.45) is 3.12. The molecule has 2 aromatic rings. The number of piperidine rings is 1. The minimum Gasteiger partial charge on any atom is -0.507 e. The van der Waals surface area contributed by atoms with Crippen LogP contribution in [0.15, 0.2) is 42.5 Å². The minimum atomic E-state index is -1.14. The third-order valence-electron chi connectivity index (χ3n) is 5.37. The molecule has 6 heteroatoms. The molecule has 2 N–H and O–H groups in total. The zero-order valence-electron chi connectivity index (χ0n) is 15.9. The molecule has 3 rings (SSSR count). The van der Waals surface area contributed by atoms with Gasteiger partial charge in [-0.15, -0.1) is 0 Å². The van der Waals surface area contributed by atoms with Crippen LogP contribution >= 0.6 is 0 Å². The maximum Gasteiger partial charge on any atom is 0.339 e. The smallest absolute Gasteiger partial charge is 0.339 e. The molecule has 0 radical (unpaired) electrons. The number of carbonyl (C=O) groups is 2. The highest BCUT2D eigenvalue weighted by molar-refractivity contribution is 5.94. The van der Waals surface area contributed by atoms with Gasteiger partial charge >= 0.3 is 5.97 Å². The third-order valence-corrected chi connectivity index (χ3v) is 5.37. The number of rotatable bonds is 6. The monoisotopic (exact) mass is 383 g/mol. The van der Waals surface area contributed by atoms with E-state index in [2.05, 4.69) is 0 Å². The van der Waals surface area contributed by atoms with E-state index in [4.69, 9.17) is 4.74 Å². The van der Waals surface area contributed by atoms with E-state index in [1.54, 1.807) is 6.07 Å². The second kappa shape index (κ2) is 8.78. The van der Waals surface area contributed by atoms with Crippen molar-refractivity contribution in [2.45, 2.75) is 25.7 Å². The van der Waals surface area contributed by atoms with Crippen molar-refractivity contribution >= 4 is 11.9 Å². The first-order valence-electron chi connectivity index (χ1n) is 9.47. The molecule has 0 aromatic heterocycles. The number of aromatic hydroxyl groups is 1. The fourth-order valence-corrected chi connectivity index (χ4v) is 3.77. The fraction of sp³-hybridized carbons (Fsp3) is 0.364. The molecule has 0 unspecified atom stereocenters. The number of methoxy groups -OCH3 is 1. The van der Waals surface area contributed by atoms with Crippen LogP contribution in [0.5, 0.6) is 11.5 Å². The summed E-state index contributed by atoms with van der Waals surface area (Å²) in [5.41, 5.74) is 1.23. The number of aryl methyl sites for hydroxylation is 1. The predicted molar refractivity (Wildman–Crippen MR) is 105 cm³/mol. The molecule has 6 nitrogen and oxygen atoms in total. The second-order valence-electron chi connectivity index (χ2n) is 7.13. The Kier molecular flexibility index (Phi) is 6.19. The lowest BCUT2D eigenvalue weighted by Crippen LogP contribution is -2.38. The number of hydrogen-bond donors (Lipinski definition) is 2. The normalized spacial score (nSPS) is 14.7. The van der Waals surface area contributed by atoms with Gasteiger partial charge in [0.15, 0.2) is 0 Å². The molecule has 1 saturated heterocycles. The first kappa shape index (κ1) is 19.7. The molecule has 0 atom stereocenters. The van der Waals surface area contributed by atoms with E-state index in [1.165, 1.54) is 13.2 Å². The standard InChI is InChI=1S/C22H25NO5/c1-28-18-13-17(20(22(26)27)19(24)14-18)8-7-15-9-11-23(12-10-15)21(25)16-5-3-2-4-6-16/h2-6,13-15,24H,7-12H2,1H3,(H,26,27). The third kappa shape index (κ3) is 4.44. The summed E-state index contributed by atoms with van der Waals surface area (Å²) in [4.78, 5) is 25.9. The van der Waals surface area contributed by atoms with Crippen LogP contribution in [0, 0.1) is 5.92 Å². The Morgan fingerprint density at radius 1 is 1.14 bits per heavy atom. The number of hydrogen-bond acceptors (Lipinski definition) is 4. The molecule has 1 aliphatic rings. The summed E-state index contributed by atoms with van der Waals surface area (Å²) in [6.45, 7) is 1.40. The molecule has 0 spiro atoms. The highest BCUT2D eigenvalue weighted by Crippen LogP contribution is 2.31. The molecule has 0 aliphatic carbocycles. The summed E-state index contributed by atoms with van der Waals surface area (Å²) in [7, 11) is 1.48. The number of nitrogens with zero attached hydrogens (tertiary/aromatic N) is 1. The number of aromatic carboxylic acids is 1. The number of ether oxygens (including phenoxy) is 1. The van der Waals surface area contributed by atoms with Crippen LogP contribution in [-0.2, 0) is 6.42 Å². The molecule has 1 fully saturated rings. The minimum absolute atomic E-state index is 0.0579. The maximum absolute atomic E-state index is 12.5. The van der Waals surface area contributed by atoms with Gasteiger partial charge in [-0.05, 0) is 55.4 Å². The number of likely N-dealkylation sites (tertiary alicyclic amines) is 1. The summed E-state index contributed by atoms with van der Waals surface area (Å²) in [6, 6.07) is 12.3. The predicted octanol–water partition coefficient (Wildman–Crippen LogP) is 3.58. The van der Waals surface area contributed by atoms with E-state index in [-0.39, 0.29) is 17.2 Å². The maximum atomic E-state index is 12.5. The van der Waals surface area contributed by atoms with Gasteiger partial charge in [0.1, 0.15) is 17.1 Å². The number of carboxylic acid groups (broad SMARTS) is 1. The molecule has 2 aromatic carbocycles. The Bertz CT molecular complexity index is 842. The first-order chi connectivity index (χ1) is 13.5. The Hall–Kier alpha value is -3.02. The molecule has 1 amide bonds. The summed E-state index contributed by atoms with van der Waals surface area (Å²) < 4.78 is 5.15. The van der Waals surface area contributed by atoms with Gasteiger partial charge in [-0.2, -0.15) is 0 Å². The van der Waals surface area contributed by atoms with Crippen molar-refractivity contribution in [2.24, 2.45) is 5.92 Å². The van der Waals surface area contributed by atoms with Crippen molar-refractivity contribution in [1.29, 1.82) is 0 Å². The lowest BCUT2D eigenvalue weighted by atomic mass is 9.89. The van der Waals surface area contributed by atoms with Crippen LogP contribution in [0.25, 0.3) is 0 Å². The molecule has 1 heterocycles. The van der Waals surface area contributed by atoms with Gasteiger partial charge in [-0.1, -0.05) is 18.2 Å². The molecule has 0 bridgehead atoms. The molecular weight excluding hydrogens is 358 g/mol. The SMILES string of the molecule is COc1cc(O)c(C(=O)O)c(CCC2CCN(C(=O)c3ccccc3)CC2)c1. The summed E-state index contributed by atoms with van der Waals surface area (Å²) in [5.74, 6) is -0.496.